The molecule has 2 amide bonds. The first-order chi connectivity index (χ1) is 14.0. The molecule has 0 bridgehead atoms. The number of likely N-dealkylation sites (tertiary alicyclic amines) is 1. The molecule has 1 atom stereocenters. The summed E-state index contributed by atoms with van der Waals surface area (Å²) in [6.45, 7) is 3.59. The molecule has 1 fully saturated rings. The molecule has 3 rings (SSSR count). The average Bonchev–Trinajstić information content (AvgIpc) is 2.70. The number of nitrogens with one attached hydrogen (secondary N) is 2. The molecule has 2 aromatic rings. The van der Waals surface area contributed by atoms with Crippen LogP contribution in [0.2, 0.25) is 5.02 Å². The molecule has 29 heavy (non-hydrogen) atoms. The molecular weight excluding hydrogens is 390 g/mol. The molecule has 0 aliphatic carbocycles. The van der Waals surface area contributed by atoms with Gasteiger partial charge in [-0.15, -0.1) is 0 Å². The van der Waals surface area contributed by atoms with Crippen LogP contribution in [-0.4, -0.2) is 48.5 Å². The van der Waals surface area contributed by atoms with Gasteiger partial charge in [0.25, 0.3) is 5.91 Å². The Morgan fingerprint density at radius 3 is 2.55 bits per heavy atom. The quantitative estimate of drug-likeness (QED) is 0.727. The van der Waals surface area contributed by atoms with E-state index in [9.17, 15) is 9.59 Å². The van der Waals surface area contributed by atoms with Gasteiger partial charge in [-0.25, -0.2) is 0 Å². The smallest absolute Gasteiger partial charge is 0.260 e. The van der Waals surface area contributed by atoms with Crippen molar-refractivity contribution >= 4 is 29.1 Å². The normalized spacial score (nSPS) is 16.1. The van der Waals surface area contributed by atoms with Gasteiger partial charge in [-0.05, 0) is 50.1 Å². The summed E-state index contributed by atoms with van der Waals surface area (Å²) < 4.78 is 5.67. The van der Waals surface area contributed by atoms with Crippen LogP contribution in [0, 0.1) is 0 Å². The van der Waals surface area contributed by atoms with Crippen molar-refractivity contribution in [2.45, 2.75) is 31.9 Å². The minimum absolute atomic E-state index is 0.0257. The van der Waals surface area contributed by atoms with Crippen LogP contribution in [0.4, 0.5) is 5.69 Å². The molecule has 2 aromatic carbocycles. The molecule has 0 radical (unpaired) electrons. The SMILES string of the molecule is CC(Oc1cccc(Cl)c1)C(=O)NC1CCN(CC(=O)Nc2ccccc2)CC1. The van der Waals surface area contributed by atoms with Crippen LogP contribution in [0.5, 0.6) is 5.75 Å². The number of benzene rings is 2. The Bertz CT molecular complexity index is 823. The summed E-state index contributed by atoms with van der Waals surface area (Å²) in [5.41, 5.74) is 0.799. The van der Waals surface area contributed by atoms with E-state index >= 15 is 0 Å². The van der Waals surface area contributed by atoms with Crippen molar-refractivity contribution in [1.82, 2.24) is 10.2 Å². The number of hydrogen-bond donors (Lipinski definition) is 2. The lowest BCUT2D eigenvalue weighted by molar-refractivity contribution is -0.128. The van der Waals surface area contributed by atoms with Gasteiger partial charge in [0, 0.05) is 29.8 Å². The maximum absolute atomic E-state index is 12.4. The van der Waals surface area contributed by atoms with Crippen LogP contribution in [0.3, 0.4) is 0 Å². The second-order valence-electron chi connectivity index (χ2n) is 7.19. The number of carbonyl (C=O) groups is 2. The number of hydrogen-bond acceptors (Lipinski definition) is 4. The highest BCUT2D eigenvalue weighted by molar-refractivity contribution is 6.30. The number of carbonyl (C=O) groups excluding carboxylic acids is 2. The van der Waals surface area contributed by atoms with E-state index < -0.39 is 6.10 Å². The summed E-state index contributed by atoms with van der Waals surface area (Å²) in [6, 6.07) is 16.5. The Kier molecular flexibility index (Phi) is 7.49. The predicted octanol–water partition coefficient (Wildman–Crippen LogP) is 3.33. The number of ether oxygens (including phenoxy) is 1. The predicted molar refractivity (Wildman–Crippen MR) is 114 cm³/mol. The summed E-state index contributed by atoms with van der Waals surface area (Å²) in [7, 11) is 0. The Labute approximate surface area is 176 Å². The summed E-state index contributed by atoms with van der Waals surface area (Å²) in [5, 5.41) is 6.51. The van der Waals surface area contributed by atoms with Gasteiger partial charge >= 0.3 is 0 Å². The van der Waals surface area contributed by atoms with Gasteiger partial charge in [0.1, 0.15) is 5.75 Å². The van der Waals surface area contributed by atoms with Crippen molar-refractivity contribution in [3.05, 3.63) is 59.6 Å². The van der Waals surface area contributed by atoms with Gasteiger partial charge in [0.05, 0.1) is 6.54 Å². The second-order valence-corrected chi connectivity index (χ2v) is 7.63. The van der Waals surface area contributed by atoms with Gasteiger partial charge in [0.15, 0.2) is 6.10 Å². The minimum atomic E-state index is -0.608. The van der Waals surface area contributed by atoms with Crippen molar-refractivity contribution in [2.75, 3.05) is 25.0 Å². The molecule has 154 valence electrons. The first kappa shape index (κ1) is 21.1. The van der Waals surface area contributed by atoms with Crippen LogP contribution in [0.15, 0.2) is 54.6 Å². The highest BCUT2D eigenvalue weighted by atomic mass is 35.5. The molecule has 1 unspecified atom stereocenters. The topological polar surface area (TPSA) is 70.7 Å². The molecule has 0 aromatic heterocycles. The lowest BCUT2D eigenvalue weighted by Gasteiger charge is -2.32. The zero-order valence-electron chi connectivity index (χ0n) is 16.4. The maximum atomic E-state index is 12.4. The lowest BCUT2D eigenvalue weighted by Crippen LogP contribution is -2.49. The molecule has 1 aliphatic rings. The lowest BCUT2D eigenvalue weighted by atomic mass is 10.0. The molecule has 1 saturated heterocycles. The van der Waals surface area contributed by atoms with Gasteiger partial charge in [-0.2, -0.15) is 0 Å². The van der Waals surface area contributed by atoms with Crippen LogP contribution >= 0.6 is 11.6 Å². The van der Waals surface area contributed by atoms with Crippen LogP contribution in [0.25, 0.3) is 0 Å². The first-order valence-corrected chi connectivity index (χ1v) is 10.2. The third-order valence-electron chi connectivity index (χ3n) is 4.84. The number of halogens is 1. The number of para-hydroxylation sites is 1. The van der Waals surface area contributed by atoms with Gasteiger partial charge < -0.3 is 15.4 Å². The fourth-order valence-corrected chi connectivity index (χ4v) is 3.46. The summed E-state index contributed by atoms with van der Waals surface area (Å²) >= 11 is 5.94. The fraction of sp³-hybridized carbons (Fsp3) is 0.364. The number of rotatable bonds is 7. The van der Waals surface area contributed by atoms with Gasteiger partial charge in [0.2, 0.25) is 5.91 Å². The van der Waals surface area contributed by atoms with E-state index in [1.54, 1.807) is 31.2 Å². The summed E-state index contributed by atoms with van der Waals surface area (Å²) in [5.74, 6) is 0.395. The Morgan fingerprint density at radius 1 is 1.14 bits per heavy atom. The number of piperidine rings is 1. The number of anilines is 1. The number of amides is 2. The number of nitrogens with zero attached hydrogens (tertiary/aromatic N) is 1. The molecule has 1 heterocycles. The summed E-state index contributed by atoms with van der Waals surface area (Å²) in [4.78, 5) is 26.7. The van der Waals surface area contributed by atoms with Gasteiger partial charge in [-0.3, -0.25) is 14.5 Å². The van der Waals surface area contributed by atoms with E-state index in [-0.39, 0.29) is 17.9 Å². The van der Waals surface area contributed by atoms with E-state index in [1.165, 1.54) is 0 Å². The zero-order chi connectivity index (χ0) is 20.6. The third-order valence-corrected chi connectivity index (χ3v) is 5.07. The Balaban J connectivity index is 1.38. The van der Waals surface area contributed by atoms with Crippen LogP contribution in [-0.2, 0) is 9.59 Å². The monoisotopic (exact) mass is 415 g/mol. The fourth-order valence-electron chi connectivity index (χ4n) is 3.28. The summed E-state index contributed by atoms with van der Waals surface area (Å²) in [6.07, 6.45) is 0.991. The molecule has 7 heteroatoms. The van der Waals surface area contributed by atoms with Crippen LogP contribution < -0.4 is 15.4 Å². The molecular formula is C22H26ClN3O3. The van der Waals surface area contributed by atoms with Crippen molar-refractivity contribution in [3.8, 4) is 5.75 Å². The highest BCUT2D eigenvalue weighted by Gasteiger charge is 2.24. The van der Waals surface area contributed by atoms with E-state index in [1.807, 2.05) is 30.3 Å². The van der Waals surface area contributed by atoms with Gasteiger partial charge in [-0.1, -0.05) is 35.9 Å². The van der Waals surface area contributed by atoms with Crippen molar-refractivity contribution < 1.29 is 14.3 Å². The average molecular weight is 416 g/mol. The molecule has 0 saturated carbocycles. The second kappa shape index (κ2) is 10.3. The minimum Gasteiger partial charge on any atom is -0.481 e. The van der Waals surface area contributed by atoms with E-state index in [4.69, 9.17) is 16.3 Å². The Morgan fingerprint density at radius 2 is 1.86 bits per heavy atom. The van der Waals surface area contributed by atoms with Crippen molar-refractivity contribution in [2.24, 2.45) is 0 Å². The first-order valence-electron chi connectivity index (χ1n) is 9.79. The highest BCUT2D eigenvalue weighted by Crippen LogP contribution is 2.18. The molecule has 6 nitrogen and oxygen atoms in total. The molecule has 1 aliphatic heterocycles. The van der Waals surface area contributed by atoms with Crippen LogP contribution in [0.1, 0.15) is 19.8 Å². The molecule has 2 N–H and O–H groups in total. The Hall–Kier alpha value is -2.57. The third kappa shape index (κ3) is 6.76. The van der Waals surface area contributed by atoms with E-state index in [2.05, 4.69) is 15.5 Å². The van der Waals surface area contributed by atoms with E-state index in [0.717, 1.165) is 31.6 Å². The van der Waals surface area contributed by atoms with Crippen molar-refractivity contribution in [3.63, 3.8) is 0 Å². The van der Waals surface area contributed by atoms with E-state index in [0.29, 0.717) is 17.3 Å². The largest absolute Gasteiger partial charge is 0.481 e. The van der Waals surface area contributed by atoms with Crippen molar-refractivity contribution in [1.29, 1.82) is 0 Å². The molecule has 0 spiro atoms. The standard InChI is InChI=1S/C22H26ClN3O3/c1-16(29-20-9-5-6-17(23)14-20)22(28)25-19-10-12-26(13-11-19)15-21(27)24-18-7-3-2-4-8-18/h2-9,14,16,19H,10-13,15H2,1H3,(H,24,27)(H,25,28). The maximum Gasteiger partial charge on any atom is 0.260 e. The zero-order valence-corrected chi connectivity index (χ0v) is 17.2.